The van der Waals surface area contributed by atoms with E-state index in [9.17, 15) is 39.6 Å². The number of carbonyl (C=O) groups is 4. The molecule has 0 spiro atoms. The van der Waals surface area contributed by atoms with Crippen LogP contribution in [0.15, 0.2) is 35.1 Å². The Morgan fingerprint density at radius 2 is 1.74 bits per heavy atom. The average Bonchev–Trinajstić information content (AvgIpc) is 2.79. The highest BCUT2D eigenvalue weighted by Crippen LogP contribution is 2.56. The van der Waals surface area contributed by atoms with Crippen LogP contribution in [0.25, 0.3) is 5.76 Å². The molecular weight excluding hydrogens is 510 g/mol. The molecule has 39 heavy (non-hydrogen) atoms. The number of fused-ring (bicyclic) bond motifs is 3. The van der Waals surface area contributed by atoms with Crippen molar-refractivity contribution in [1.29, 1.82) is 0 Å². The molecular formula is C27H33N3O9. The number of alkyl carbamates (subject to hydrolysis) is 1. The Morgan fingerprint density at radius 3 is 2.28 bits per heavy atom. The number of hydrogen-bond donors (Lipinski definition) is 6. The molecule has 1 fully saturated rings. The van der Waals surface area contributed by atoms with Gasteiger partial charge in [0.2, 0.25) is 5.78 Å². The van der Waals surface area contributed by atoms with Gasteiger partial charge >= 0.3 is 6.09 Å². The summed E-state index contributed by atoms with van der Waals surface area (Å²) >= 11 is 0. The number of hydrogen-bond acceptors (Lipinski definition) is 10. The van der Waals surface area contributed by atoms with Crippen molar-refractivity contribution in [2.24, 2.45) is 17.6 Å². The maximum atomic E-state index is 14.1. The highest BCUT2D eigenvalue weighted by atomic mass is 16.6. The fourth-order valence-electron chi connectivity index (χ4n) is 6.15. The molecule has 0 aromatic heterocycles. The van der Waals surface area contributed by atoms with Crippen molar-refractivity contribution in [2.45, 2.75) is 56.9 Å². The van der Waals surface area contributed by atoms with Crippen LogP contribution in [-0.2, 0) is 19.1 Å². The minimum atomic E-state index is -2.98. The summed E-state index contributed by atoms with van der Waals surface area (Å²) < 4.78 is 5.86. The summed E-state index contributed by atoms with van der Waals surface area (Å²) in [6, 6.07) is 3.04. The molecule has 6 unspecified atom stereocenters. The number of benzene rings is 1. The summed E-state index contributed by atoms with van der Waals surface area (Å²) in [7, 11) is 2.92. The lowest BCUT2D eigenvalue weighted by Crippen LogP contribution is -2.71. The SMILES string of the molecule is CC1c2cccc(O)c2C(O)=C2C(=O)C3(O)C(O)=C(C(N)=O)C(=O)C(N(C)C)C3C(OC(=O)NC(C)(C)C)C21. The van der Waals surface area contributed by atoms with E-state index < -0.39 is 87.3 Å². The molecule has 1 aromatic rings. The molecule has 1 saturated carbocycles. The molecule has 6 atom stereocenters. The second-order valence-electron chi connectivity index (χ2n) is 11.5. The third-order valence-corrected chi connectivity index (χ3v) is 7.69. The van der Waals surface area contributed by atoms with Crippen LogP contribution < -0.4 is 11.1 Å². The topological polar surface area (TPSA) is 200 Å². The largest absolute Gasteiger partial charge is 0.508 e. The van der Waals surface area contributed by atoms with Crippen LogP contribution in [0.3, 0.4) is 0 Å². The van der Waals surface area contributed by atoms with Gasteiger partial charge in [0, 0.05) is 17.0 Å². The third kappa shape index (κ3) is 4.05. The number of ketones is 2. The van der Waals surface area contributed by atoms with E-state index in [0.29, 0.717) is 5.56 Å². The van der Waals surface area contributed by atoms with Gasteiger partial charge < -0.3 is 36.2 Å². The molecule has 0 radical (unpaired) electrons. The Hall–Kier alpha value is -3.90. The zero-order valence-electron chi connectivity index (χ0n) is 22.5. The van der Waals surface area contributed by atoms with Crippen LogP contribution in [0, 0.1) is 11.8 Å². The monoisotopic (exact) mass is 543 g/mol. The maximum absolute atomic E-state index is 14.1. The molecule has 0 heterocycles. The number of nitrogens with two attached hydrogens (primary N) is 1. The number of phenols is 1. The number of phenolic OH excluding ortho intramolecular Hbond substituents is 1. The normalized spacial score (nSPS) is 30.5. The summed E-state index contributed by atoms with van der Waals surface area (Å²) in [4.78, 5) is 54.3. The van der Waals surface area contributed by atoms with Gasteiger partial charge in [0.15, 0.2) is 11.4 Å². The number of nitrogens with zero attached hydrogens (tertiary/aromatic N) is 1. The molecule has 1 aromatic carbocycles. The molecule has 0 bridgehead atoms. The first-order valence-electron chi connectivity index (χ1n) is 12.4. The molecule has 12 heteroatoms. The fourth-order valence-corrected chi connectivity index (χ4v) is 6.15. The zero-order chi connectivity index (χ0) is 29.4. The first kappa shape index (κ1) is 28.1. The minimum absolute atomic E-state index is 0.0563. The van der Waals surface area contributed by atoms with Crippen molar-refractivity contribution in [3.05, 3.63) is 46.2 Å². The van der Waals surface area contributed by atoms with E-state index in [1.54, 1.807) is 39.8 Å². The van der Waals surface area contributed by atoms with Crippen LogP contribution in [-0.4, -0.2) is 86.3 Å². The van der Waals surface area contributed by atoms with Gasteiger partial charge in [-0.05, 0) is 52.4 Å². The van der Waals surface area contributed by atoms with Crippen LogP contribution >= 0.6 is 0 Å². The van der Waals surface area contributed by atoms with E-state index in [4.69, 9.17) is 10.5 Å². The predicted octanol–water partition coefficient (Wildman–Crippen LogP) is 1.03. The molecule has 3 aliphatic carbocycles. The lowest BCUT2D eigenvalue weighted by atomic mass is 9.54. The van der Waals surface area contributed by atoms with Crippen molar-refractivity contribution in [1.82, 2.24) is 10.2 Å². The maximum Gasteiger partial charge on any atom is 0.407 e. The summed E-state index contributed by atoms with van der Waals surface area (Å²) in [5.74, 6) is -9.24. The number of Topliss-reactive ketones (excluding diaryl/α,β-unsaturated/α-hetero) is 2. The summed E-state index contributed by atoms with van der Waals surface area (Å²) in [5, 5.41) is 47.6. The van der Waals surface area contributed by atoms with Gasteiger partial charge in [0.05, 0.1) is 17.5 Å². The molecule has 0 aliphatic heterocycles. The Kier molecular flexibility index (Phi) is 6.56. The highest BCUT2D eigenvalue weighted by molar-refractivity contribution is 6.24. The molecule has 3 aliphatic rings. The van der Waals surface area contributed by atoms with Crippen molar-refractivity contribution in [3.8, 4) is 5.75 Å². The Balaban J connectivity index is 2.07. The van der Waals surface area contributed by atoms with Crippen LogP contribution in [0.2, 0.25) is 0 Å². The van der Waals surface area contributed by atoms with Crippen molar-refractivity contribution in [2.75, 3.05) is 14.1 Å². The molecule has 0 saturated heterocycles. The smallest absolute Gasteiger partial charge is 0.407 e. The van der Waals surface area contributed by atoms with Gasteiger partial charge in [0.1, 0.15) is 28.9 Å². The first-order chi connectivity index (χ1) is 17.9. The number of rotatable bonds is 3. The number of aliphatic hydroxyl groups is 3. The standard InChI is InChI=1S/C27H33N3O9/c1-10-11-8-7-9-12(31)14(11)19(32)15-13(10)21(39-25(37)29-26(2,3)4)17-18(30(5)6)20(33)16(24(28)36)23(35)27(17,38)22(15)34/h7-10,13,17-18,21,31-32,35,38H,1-6H3,(H2,28,36)(H,29,37). The van der Waals surface area contributed by atoms with Crippen molar-refractivity contribution >= 4 is 29.3 Å². The van der Waals surface area contributed by atoms with Crippen LogP contribution in [0.4, 0.5) is 4.79 Å². The zero-order valence-corrected chi connectivity index (χ0v) is 22.5. The number of aromatic hydroxyl groups is 1. The number of carbonyl (C=O) groups excluding carboxylic acids is 4. The van der Waals surface area contributed by atoms with E-state index in [-0.39, 0.29) is 11.3 Å². The predicted molar refractivity (Wildman–Crippen MR) is 137 cm³/mol. The second kappa shape index (κ2) is 9.09. The van der Waals surface area contributed by atoms with Gasteiger partial charge in [-0.15, -0.1) is 0 Å². The van der Waals surface area contributed by atoms with Gasteiger partial charge in [-0.3, -0.25) is 19.3 Å². The van der Waals surface area contributed by atoms with Crippen molar-refractivity contribution < 1.29 is 44.3 Å². The summed E-state index contributed by atoms with van der Waals surface area (Å²) in [6.07, 6.45) is -2.42. The van der Waals surface area contributed by atoms with Gasteiger partial charge in [0.25, 0.3) is 5.91 Å². The number of nitrogens with one attached hydrogen (secondary N) is 1. The number of primary amides is 1. The summed E-state index contributed by atoms with van der Waals surface area (Å²) in [5.41, 5.74) is 0.628. The van der Waals surface area contributed by atoms with E-state index >= 15 is 0 Å². The second-order valence-corrected chi connectivity index (χ2v) is 11.5. The molecule has 210 valence electrons. The molecule has 7 N–H and O–H groups in total. The molecule has 2 amide bonds. The third-order valence-electron chi connectivity index (χ3n) is 7.69. The molecule has 4 rings (SSSR count). The quantitative estimate of drug-likeness (QED) is 0.299. The number of ether oxygens (including phenoxy) is 1. The van der Waals surface area contributed by atoms with Gasteiger partial charge in [-0.25, -0.2) is 4.79 Å². The molecule has 12 nitrogen and oxygen atoms in total. The Morgan fingerprint density at radius 1 is 1.13 bits per heavy atom. The average molecular weight is 544 g/mol. The summed E-state index contributed by atoms with van der Waals surface area (Å²) in [6.45, 7) is 6.80. The fraction of sp³-hybridized carbons (Fsp3) is 0.481. The van der Waals surface area contributed by atoms with E-state index in [1.807, 2.05) is 0 Å². The Labute approximate surface area is 224 Å². The van der Waals surface area contributed by atoms with E-state index in [0.717, 1.165) is 0 Å². The highest BCUT2D eigenvalue weighted by Gasteiger charge is 2.69. The lowest BCUT2D eigenvalue weighted by molar-refractivity contribution is -0.169. The van der Waals surface area contributed by atoms with Crippen molar-refractivity contribution in [3.63, 3.8) is 0 Å². The number of amides is 2. The van der Waals surface area contributed by atoms with Gasteiger partial charge in [-0.1, -0.05) is 19.1 Å². The van der Waals surface area contributed by atoms with Crippen LogP contribution in [0.1, 0.15) is 44.7 Å². The van der Waals surface area contributed by atoms with E-state index in [2.05, 4.69) is 5.32 Å². The Bertz CT molecular complexity index is 1360. The minimum Gasteiger partial charge on any atom is -0.508 e. The van der Waals surface area contributed by atoms with E-state index in [1.165, 1.54) is 25.1 Å². The number of likely N-dealkylation sites (N-methyl/N-ethyl adjacent to an activating group) is 1. The lowest BCUT2D eigenvalue weighted by Gasteiger charge is -2.54. The first-order valence-corrected chi connectivity index (χ1v) is 12.4. The van der Waals surface area contributed by atoms with Crippen LogP contribution in [0.5, 0.6) is 5.75 Å². The van der Waals surface area contributed by atoms with Gasteiger partial charge in [-0.2, -0.15) is 0 Å². The number of aliphatic hydroxyl groups excluding tert-OH is 2.